The van der Waals surface area contributed by atoms with Crippen molar-refractivity contribution in [2.75, 3.05) is 11.9 Å². The van der Waals surface area contributed by atoms with Crippen LogP contribution in [-0.2, 0) is 4.79 Å². The van der Waals surface area contributed by atoms with Crippen molar-refractivity contribution in [3.63, 3.8) is 0 Å². The predicted octanol–water partition coefficient (Wildman–Crippen LogP) is 3.69. The second kappa shape index (κ2) is 7.76. The molecule has 0 aliphatic carbocycles. The van der Waals surface area contributed by atoms with Crippen LogP contribution in [0.25, 0.3) is 6.08 Å². The summed E-state index contributed by atoms with van der Waals surface area (Å²) in [4.78, 5) is 11.8. The van der Waals surface area contributed by atoms with Gasteiger partial charge in [-0.1, -0.05) is 18.2 Å². The molecule has 0 aliphatic heterocycles. The molecule has 2 aromatic rings. The number of aryl methyl sites for hydroxylation is 1. The largest absolute Gasteiger partial charge is 0.479 e. The summed E-state index contributed by atoms with van der Waals surface area (Å²) in [7, 11) is 0. The summed E-state index contributed by atoms with van der Waals surface area (Å²) in [5, 5.41) is 10.9. The predicted molar refractivity (Wildman–Crippen MR) is 86.4 cm³/mol. The minimum Gasteiger partial charge on any atom is -0.479 e. The van der Waals surface area contributed by atoms with Crippen LogP contribution in [0.15, 0.2) is 48.5 Å². The lowest BCUT2D eigenvalue weighted by Crippen LogP contribution is -2.09. The van der Waals surface area contributed by atoms with Crippen LogP contribution in [0.3, 0.4) is 0 Å². The number of carbonyl (C=O) groups excluding carboxylic acids is 1. The number of benzene rings is 2. The van der Waals surface area contributed by atoms with Crippen LogP contribution in [-0.4, -0.2) is 12.5 Å². The maximum atomic E-state index is 13.6. The summed E-state index contributed by atoms with van der Waals surface area (Å²) in [5.41, 5.74) is 1.72. The molecule has 2 rings (SSSR count). The van der Waals surface area contributed by atoms with Crippen molar-refractivity contribution < 1.29 is 13.9 Å². The van der Waals surface area contributed by atoms with E-state index in [-0.39, 0.29) is 12.3 Å². The van der Waals surface area contributed by atoms with E-state index in [2.05, 4.69) is 5.32 Å². The minimum absolute atomic E-state index is 0.0142. The summed E-state index contributed by atoms with van der Waals surface area (Å²) in [5.74, 6) is -0.307. The average molecular weight is 310 g/mol. The Morgan fingerprint density at radius 3 is 2.70 bits per heavy atom. The number of ether oxygens (including phenoxy) is 1. The maximum absolute atomic E-state index is 13.6. The molecule has 0 fully saturated rings. The van der Waals surface area contributed by atoms with Gasteiger partial charge >= 0.3 is 0 Å². The lowest BCUT2D eigenvalue weighted by molar-refractivity contribution is -0.111. The first-order chi connectivity index (χ1) is 11.1. The van der Waals surface area contributed by atoms with E-state index >= 15 is 0 Å². The molecule has 0 aromatic heterocycles. The van der Waals surface area contributed by atoms with Crippen molar-refractivity contribution in [1.29, 1.82) is 5.26 Å². The van der Waals surface area contributed by atoms with Gasteiger partial charge in [0.15, 0.2) is 6.61 Å². The van der Waals surface area contributed by atoms with E-state index in [0.717, 1.165) is 11.1 Å². The van der Waals surface area contributed by atoms with Gasteiger partial charge in [-0.2, -0.15) is 5.26 Å². The molecule has 4 nitrogen and oxygen atoms in total. The Labute approximate surface area is 133 Å². The van der Waals surface area contributed by atoms with E-state index in [1.807, 2.05) is 6.07 Å². The van der Waals surface area contributed by atoms with Gasteiger partial charge in [-0.05, 0) is 48.4 Å². The second-order valence-electron chi connectivity index (χ2n) is 4.82. The molecular formula is C18H15FN2O2. The van der Waals surface area contributed by atoms with E-state index in [9.17, 15) is 9.18 Å². The normalized spacial score (nSPS) is 10.3. The van der Waals surface area contributed by atoms with Gasteiger partial charge in [-0.25, -0.2) is 4.39 Å². The van der Waals surface area contributed by atoms with Gasteiger partial charge in [0.05, 0.1) is 5.69 Å². The number of halogens is 1. The number of nitrogens with one attached hydrogen (secondary N) is 1. The van der Waals surface area contributed by atoms with Crippen molar-refractivity contribution in [1.82, 2.24) is 0 Å². The number of nitriles is 1. The number of rotatable bonds is 5. The van der Waals surface area contributed by atoms with Gasteiger partial charge in [-0.15, -0.1) is 0 Å². The Kier molecular flexibility index (Phi) is 5.48. The molecule has 2 aromatic carbocycles. The fourth-order valence-corrected chi connectivity index (χ4v) is 1.86. The SMILES string of the molecule is Cc1ccc(NC(=O)/C=C/c2ccc(OCC#N)cc2)c(F)c1. The third kappa shape index (κ3) is 4.97. The molecule has 23 heavy (non-hydrogen) atoms. The maximum Gasteiger partial charge on any atom is 0.248 e. The number of hydrogen-bond acceptors (Lipinski definition) is 3. The van der Waals surface area contributed by atoms with Crippen LogP contribution >= 0.6 is 0 Å². The molecule has 0 radical (unpaired) electrons. The first-order valence-corrected chi connectivity index (χ1v) is 6.93. The highest BCUT2D eigenvalue weighted by atomic mass is 19.1. The molecule has 0 spiro atoms. The highest BCUT2D eigenvalue weighted by Gasteiger charge is 2.04. The van der Waals surface area contributed by atoms with Crippen molar-refractivity contribution in [2.45, 2.75) is 6.92 Å². The van der Waals surface area contributed by atoms with Crippen molar-refractivity contribution in [3.05, 3.63) is 65.5 Å². The fraction of sp³-hybridized carbons (Fsp3) is 0.111. The molecule has 0 atom stereocenters. The van der Waals surface area contributed by atoms with E-state index in [0.29, 0.717) is 5.75 Å². The Bertz CT molecular complexity index is 762. The Morgan fingerprint density at radius 1 is 1.30 bits per heavy atom. The highest BCUT2D eigenvalue weighted by Crippen LogP contribution is 2.16. The molecule has 116 valence electrons. The number of hydrogen-bond donors (Lipinski definition) is 1. The molecule has 0 unspecified atom stereocenters. The smallest absolute Gasteiger partial charge is 0.248 e. The number of amides is 1. The van der Waals surface area contributed by atoms with Crippen LogP contribution in [0.4, 0.5) is 10.1 Å². The second-order valence-corrected chi connectivity index (χ2v) is 4.82. The van der Waals surface area contributed by atoms with Crippen molar-refractivity contribution in [2.24, 2.45) is 0 Å². The van der Waals surface area contributed by atoms with Crippen molar-refractivity contribution >= 4 is 17.7 Å². The van der Waals surface area contributed by atoms with Crippen LogP contribution < -0.4 is 10.1 Å². The first-order valence-electron chi connectivity index (χ1n) is 6.93. The van der Waals surface area contributed by atoms with E-state index in [4.69, 9.17) is 10.00 Å². The van der Waals surface area contributed by atoms with Gasteiger partial charge in [0.1, 0.15) is 17.6 Å². The molecule has 0 saturated heterocycles. The lowest BCUT2D eigenvalue weighted by atomic mass is 10.2. The van der Waals surface area contributed by atoms with Gasteiger partial charge in [0, 0.05) is 6.08 Å². The van der Waals surface area contributed by atoms with Gasteiger partial charge < -0.3 is 10.1 Å². The zero-order valence-corrected chi connectivity index (χ0v) is 12.5. The summed E-state index contributed by atoms with van der Waals surface area (Å²) in [6.45, 7) is 1.76. The van der Waals surface area contributed by atoms with E-state index in [1.165, 1.54) is 18.2 Å². The van der Waals surface area contributed by atoms with Crippen LogP contribution in [0.2, 0.25) is 0 Å². The molecular weight excluding hydrogens is 295 g/mol. The summed E-state index contributed by atoms with van der Waals surface area (Å²) in [6, 6.07) is 13.4. The molecule has 0 bridgehead atoms. The Balaban J connectivity index is 1.96. The van der Waals surface area contributed by atoms with Gasteiger partial charge in [0.25, 0.3) is 0 Å². The quantitative estimate of drug-likeness (QED) is 0.857. The fourth-order valence-electron chi connectivity index (χ4n) is 1.86. The number of anilines is 1. The minimum atomic E-state index is -0.467. The first kappa shape index (κ1) is 16.2. The standard InChI is InChI=1S/C18H15FN2O2/c1-13-2-8-17(16(19)12-13)21-18(22)9-5-14-3-6-15(7-4-14)23-11-10-20/h2-9,12H,11H2,1H3,(H,21,22)/b9-5+. The zero-order chi connectivity index (χ0) is 16.7. The van der Waals surface area contributed by atoms with Crippen LogP contribution in [0, 0.1) is 24.1 Å². The monoisotopic (exact) mass is 310 g/mol. The summed E-state index contributed by atoms with van der Waals surface area (Å²) in [6.07, 6.45) is 2.93. The molecule has 0 aliphatic rings. The van der Waals surface area contributed by atoms with Gasteiger partial charge in [0.2, 0.25) is 5.91 Å². The third-order valence-electron chi connectivity index (χ3n) is 2.99. The van der Waals surface area contributed by atoms with Crippen LogP contribution in [0.5, 0.6) is 5.75 Å². The average Bonchev–Trinajstić information content (AvgIpc) is 2.54. The van der Waals surface area contributed by atoms with E-state index < -0.39 is 11.7 Å². The highest BCUT2D eigenvalue weighted by molar-refractivity contribution is 6.02. The summed E-state index contributed by atoms with van der Waals surface area (Å²) >= 11 is 0. The molecule has 0 saturated carbocycles. The zero-order valence-electron chi connectivity index (χ0n) is 12.5. The third-order valence-corrected chi connectivity index (χ3v) is 2.99. The Morgan fingerprint density at radius 2 is 2.04 bits per heavy atom. The van der Waals surface area contributed by atoms with Crippen LogP contribution in [0.1, 0.15) is 11.1 Å². The molecule has 0 heterocycles. The summed E-state index contributed by atoms with van der Waals surface area (Å²) < 4.78 is 18.8. The number of nitrogens with zero attached hydrogens (tertiary/aromatic N) is 1. The molecule has 1 N–H and O–H groups in total. The number of carbonyl (C=O) groups is 1. The lowest BCUT2D eigenvalue weighted by Gasteiger charge is -2.04. The Hall–Kier alpha value is -3.13. The van der Waals surface area contributed by atoms with Crippen molar-refractivity contribution in [3.8, 4) is 11.8 Å². The topological polar surface area (TPSA) is 62.1 Å². The molecule has 5 heteroatoms. The molecule has 1 amide bonds. The van der Waals surface area contributed by atoms with E-state index in [1.54, 1.807) is 43.3 Å². The van der Waals surface area contributed by atoms with Gasteiger partial charge in [-0.3, -0.25) is 4.79 Å².